The summed E-state index contributed by atoms with van der Waals surface area (Å²) >= 11 is 0. The molecule has 0 bridgehead atoms. The Morgan fingerprint density at radius 1 is 1.25 bits per heavy atom. The first-order valence-corrected chi connectivity index (χ1v) is 7.85. The van der Waals surface area contributed by atoms with Crippen molar-refractivity contribution in [1.29, 1.82) is 0 Å². The summed E-state index contributed by atoms with van der Waals surface area (Å²) in [6, 6.07) is 6.60. The molecule has 1 heterocycles. The standard InChI is InChI=1S/C17H22N4O3/c1-2-14-4-3-5-15(12-14)20-16(22)13-19-17(23)18-6-7-21-8-10-24-11-9-21/h1,3-5,12H,6-11,13H2,(H,20,22)(H2,18,19,23). The van der Waals surface area contributed by atoms with Crippen LogP contribution in [0.15, 0.2) is 24.3 Å². The first kappa shape index (κ1) is 17.8. The van der Waals surface area contributed by atoms with Crippen LogP contribution in [0.2, 0.25) is 0 Å². The molecular formula is C17H22N4O3. The normalized spacial score (nSPS) is 14.5. The Labute approximate surface area is 141 Å². The highest BCUT2D eigenvalue weighted by Crippen LogP contribution is 2.09. The third-order valence-electron chi connectivity index (χ3n) is 3.54. The molecule has 1 aromatic rings. The van der Waals surface area contributed by atoms with Gasteiger partial charge in [0.2, 0.25) is 5.91 Å². The molecule has 1 saturated heterocycles. The summed E-state index contributed by atoms with van der Waals surface area (Å²) < 4.78 is 5.26. The van der Waals surface area contributed by atoms with Crippen LogP contribution in [-0.2, 0) is 9.53 Å². The van der Waals surface area contributed by atoms with E-state index >= 15 is 0 Å². The maximum Gasteiger partial charge on any atom is 0.315 e. The molecule has 1 aliphatic heterocycles. The second-order valence-corrected chi connectivity index (χ2v) is 5.34. The van der Waals surface area contributed by atoms with E-state index in [1.165, 1.54) is 0 Å². The third kappa shape index (κ3) is 6.28. The van der Waals surface area contributed by atoms with Gasteiger partial charge in [-0.15, -0.1) is 6.42 Å². The van der Waals surface area contributed by atoms with Crippen molar-refractivity contribution in [3.05, 3.63) is 29.8 Å². The molecular weight excluding hydrogens is 308 g/mol. The minimum absolute atomic E-state index is 0.107. The maximum absolute atomic E-state index is 11.8. The van der Waals surface area contributed by atoms with Crippen molar-refractivity contribution < 1.29 is 14.3 Å². The summed E-state index contributed by atoms with van der Waals surface area (Å²) in [5, 5.41) is 7.93. The summed E-state index contributed by atoms with van der Waals surface area (Å²) in [6.07, 6.45) is 5.31. The van der Waals surface area contributed by atoms with Crippen LogP contribution in [0.5, 0.6) is 0 Å². The van der Waals surface area contributed by atoms with Crippen LogP contribution in [0.4, 0.5) is 10.5 Å². The van der Waals surface area contributed by atoms with Crippen molar-refractivity contribution in [2.45, 2.75) is 0 Å². The van der Waals surface area contributed by atoms with E-state index in [4.69, 9.17) is 11.2 Å². The summed E-state index contributed by atoms with van der Waals surface area (Å²) in [5.41, 5.74) is 1.28. The lowest BCUT2D eigenvalue weighted by atomic mass is 10.2. The van der Waals surface area contributed by atoms with Crippen molar-refractivity contribution in [3.63, 3.8) is 0 Å². The van der Waals surface area contributed by atoms with Gasteiger partial charge in [-0.1, -0.05) is 12.0 Å². The molecule has 7 nitrogen and oxygen atoms in total. The van der Waals surface area contributed by atoms with Gasteiger partial charge in [0.15, 0.2) is 0 Å². The van der Waals surface area contributed by atoms with Crippen molar-refractivity contribution in [2.75, 3.05) is 51.3 Å². The number of hydrogen-bond donors (Lipinski definition) is 3. The van der Waals surface area contributed by atoms with Crippen LogP contribution < -0.4 is 16.0 Å². The Morgan fingerprint density at radius 2 is 2.04 bits per heavy atom. The van der Waals surface area contributed by atoms with E-state index in [0.29, 0.717) is 17.8 Å². The van der Waals surface area contributed by atoms with E-state index in [9.17, 15) is 9.59 Å². The molecule has 0 spiro atoms. The van der Waals surface area contributed by atoms with Gasteiger partial charge in [0.05, 0.1) is 19.8 Å². The Kier molecular flexibility index (Phi) is 7.08. The molecule has 0 atom stereocenters. The smallest absolute Gasteiger partial charge is 0.315 e. The van der Waals surface area contributed by atoms with E-state index in [-0.39, 0.29) is 18.5 Å². The van der Waals surface area contributed by atoms with Gasteiger partial charge in [0.25, 0.3) is 0 Å². The quantitative estimate of drug-likeness (QED) is 0.653. The number of amides is 3. The van der Waals surface area contributed by atoms with E-state index in [1.807, 2.05) is 0 Å². The molecule has 0 unspecified atom stereocenters. The first-order chi connectivity index (χ1) is 11.7. The number of hydrogen-bond acceptors (Lipinski definition) is 4. The molecule has 1 fully saturated rings. The third-order valence-corrected chi connectivity index (χ3v) is 3.54. The highest BCUT2D eigenvalue weighted by atomic mass is 16.5. The van der Waals surface area contributed by atoms with Crippen molar-refractivity contribution >= 4 is 17.6 Å². The van der Waals surface area contributed by atoms with Crippen LogP contribution in [0.3, 0.4) is 0 Å². The Balaban J connectivity index is 1.62. The van der Waals surface area contributed by atoms with E-state index in [1.54, 1.807) is 24.3 Å². The van der Waals surface area contributed by atoms with Crippen LogP contribution in [0.1, 0.15) is 5.56 Å². The van der Waals surface area contributed by atoms with Crippen molar-refractivity contribution in [2.24, 2.45) is 0 Å². The lowest BCUT2D eigenvalue weighted by Crippen LogP contribution is -2.45. The summed E-state index contributed by atoms with van der Waals surface area (Å²) in [5.74, 6) is 2.19. The molecule has 3 N–H and O–H groups in total. The number of ether oxygens (including phenoxy) is 1. The number of carbonyl (C=O) groups is 2. The number of nitrogens with one attached hydrogen (secondary N) is 3. The molecule has 0 aliphatic carbocycles. The summed E-state index contributed by atoms with van der Waals surface area (Å²) in [7, 11) is 0. The summed E-state index contributed by atoms with van der Waals surface area (Å²) in [4.78, 5) is 25.7. The van der Waals surface area contributed by atoms with E-state index in [0.717, 1.165) is 32.8 Å². The molecule has 1 aliphatic rings. The van der Waals surface area contributed by atoms with Crippen molar-refractivity contribution in [1.82, 2.24) is 15.5 Å². The van der Waals surface area contributed by atoms with Gasteiger partial charge < -0.3 is 20.7 Å². The largest absolute Gasteiger partial charge is 0.379 e. The zero-order valence-electron chi connectivity index (χ0n) is 13.5. The van der Waals surface area contributed by atoms with Gasteiger partial charge in [-0.05, 0) is 18.2 Å². The second-order valence-electron chi connectivity index (χ2n) is 5.34. The zero-order valence-corrected chi connectivity index (χ0v) is 13.5. The first-order valence-electron chi connectivity index (χ1n) is 7.85. The Hall–Kier alpha value is -2.56. The number of urea groups is 1. The minimum atomic E-state index is -0.365. The number of terminal acetylenes is 1. The van der Waals surface area contributed by atoms with Crippen LogP contribution in [-0.4, -0.2) is 62.8 Å². The molecule has 128 valence electrons. The van der Waals surface area contributed by atoms with Crippen LogP contribution >= 0.6 is 0 Å². The fourth-order valence-electron chi connectivity index (χ4n) is 2.27. The average Bonchev–Trinajstić information content (AvgIpc) is 2.61. The number of anilines is 1. The Morgan fingerprint density at radius 3 is 2.79 bits per heavy atom. The van der Waals surface area contributed by atoms with E-state index < -0.39 is 0 Å². The molecule has 3 amide bonds. The number of nitrogens with zero attached hydrogens (tertiary/aromatic N) is 1. The molecule has 0 radical (unpaired) electrons. The summed E-state index contributed by atoms with van der Waals surface area (Å²) in [6.45, 7) is 4.40. The molecule has 0 aromatic heterocycles. The fourth-order valence-corrected chi connectivity index (χ4v) is 2.27. The highest BCUT2D eigenvalue weighted by Gasteiger charge is 2.10. The topological polar surface area (TPSA) is 82.7 Å². The number of rotatable bonds is 6. The van der Waals surface area contributed by atoms with E-state index in [2.05, 4.69) is 26.8 Å². The molecule has 7 heteroatoms. The minimum Gasteiger partial charge on any atom is -0.379 e. The molecule has 2 rings (SSSR count). The van der Waals surface area contributed by atoms with Gasteiger partial charge in [-0.25, -0.2) is 4.79 Å². The number of carbonyl (C=O) groups excluding carboxylic acids is 2. The van der Waals surface area contributed by atoms with Gasteiger partial charge >= 0.3 is 6.03 Å². The second kappa shape index (κ2) is 9.55. The fraction of sp³-hybridized carbons (Fsp3) is 0.412. The van der Waals surface area contributed by atoms with Gasteiger partial charge in [-0.2, -0.15) is 0 Å². The van der Waals surface area contributed by atoms with Crippen molar-refractivity contribution in [3.8, 4) is 12.3 Å². The van der Waals surface area contributed by atoms with Crippen LogP contribution in [0, 0.1) is 12.3 Å². The zero-order chi connectivity index (χ0) is 17.2. The van der Waals surface area contributed by atoms with Gasteiger partial charge in [0, 0.05) is 37.4 Å². The Bertz CT molecular complexity index is 606. The predicted molar refractivity (Wildman–Crippen MR) is 91.7 cm³/mol. The average molecular weight is 330 g/mol. The van der Waals surface area contributed by atoms with Crippen LogP contribution in [0.25, 0.3) is 0 Å². The van der Waals surface area contributed by atoms with Gasteiger partial charge in [0.1, 0.15) is 0 Å². The highest BCUT2D eigenvalue weighted by molar-refractivity contribution is 5.94. The molecule has 24 heavy (non-hydrogen) atoms. The lowest BCUT2D eigenvalue weighted by molar-refractivity contribution is -0.115. The predicted octanol–water partition coefficient (Wildman–Crippen LogP) is 0.238. The SMILES string of the molecule is C#Cc1cccc(NC(=O)CNC(=O)NCCN2CCOCC2)c1. The lowest BCUT2D eigenvalue weighted by Gasteiger charge is -2.26. The number of morpholine rings is 1. The number of benzene rings is 1. The molecule has 1 aromatic carbocycles. The maximum atomic E-state index is 11.8. The monoisotopic (exact) mass is 330 g/mol. The molecule has 0 saturated carbocycles. The van der Waals surface area contributed by atoms with Gasteiger partial charge in [-0.3, -0.25) is 9.69 Å².